The largest absolute Gasteiger partial charge is 0.488 e. The number of nitrogens with zero attached hydrogens (tertiary/aromatic N) is 2. The van der Waals surface area contributed by atoms with Gasteiger partial charge in [0.1, 0.15) is 12.4 Å². The second-order valence-electron chi connectivity index (χ2n) is 8.82. The molecule has 1 atom stereocenters. The van der Waals surface area contributed by atoms with E-state index in [0.717, 1.165) is 26.0 Å². The van der Waals surface area contributed by atoms with Gasteiger partial charge in [0.05, 0.1) is 32.0 Å². The maximum absolute atomic E-state index is 13.7. The number of fused-ring (bicyclic) bond motifs is 1. The van der Waals surface area contributed by atoms with Crippen LogP contribution in [0.25, 0.3) is 6.08 Å². The van der Waals surface area contributed by atoms with E-state index in [2.05, 4.69) is 56.2 Å². The number of benzene rings is 3. The lowest BCUT2D eigenvalue weighted by molar-refractivity contribution is -0.139. The molecule has 39 heavy (non-hydrogen) atoms. The van der Waals surface area contributed by atoms with E-state index in [1.54, 1.807) is 18.4 Å². The minimum Gasteiger partial charge on any atom is -0.488 e. The standard InChI is InChI=1S/C30H24I2N2O4S/c1-3-37-29(36)26-18(2)33-30-34(27(26)21-7-5-4-6-8-21)28(35)25(39-30)15-19-9-11-20(12-10-19)17-38-24-14-13-22(31)16-23(24)32/h4-16,27H,3,17H2,1-2H3/b25-15-/t27-/m0/s1. The van der Waals surface area contributed by atoms with Crippen LogP contribution in [-0.2, 0) is 16.1 Å². The molecule has 0 radical (unpaired) electrons. The fourth-order valence-electron chi connectivity index (χ4n) is 4.36. The molecule has 5 rings (SSSR count). The van der Waals surface area contributed by atoms with Crippen LogP contribution < -0.4 is 19.6 Å². The van der Waals surface area contributed by atoms with Gasteiger partial charge >= 0.3 is 5.97 Å². The third-order valence-electron chi connectivity index (χ3n) is 6.20. The van der Waals surface area contributed by atoms with Gasteiger partial charge < -0.3 is 9.47 Å². The number of carbonyl (C=O) groups excluding carboxylic acids is 1. The van der Waals surface area contributed by atoms with Gasteiger partial charge in [0.2, 0.25) is 0 Å². The molecule has 1 aromatic heterocycles. The molecule has 0 fully saturated rings. The van der Waals surface area contributed by atoms with Crippen LogP contribution in [0.3, 0.4) is 0 Å². The third-order valence-corrected chi connectivity index (χ3v) is 8.70. The zero-order valence-electron chi connectivity index (χ0n) is 21.2. The second kappa shape index (κ2) is 12.2. The highest BCUT2D eigenvalue weighted by molar-refractivity contribution is 14.1. The van der Waals surface area contributed by atoms with E-state index in [1.165, 1.54) is 14.9 Å². The molecule has 1 aliphatic heterocycles. The summed E-state index contributed by atoms with van der Waals surface area (Å²) in [6.45, 7) is 4.25. The Morgan fingerprint density at radius 1 is 1.08 bits per heavy atom. The van der Waals surface area contributed by atoms with Crippen molar-refractivity contribution in [2.24, 2.45) is 4.99 Å². The van der Waals surface area contributed by atoms with Gasteiger partial charge in [-0.15, -0.1) is 0 Å². The third kappa shape index (κ3) is 6.04. The zero-order valence-corrected chi connectivity index (χ0v) is 26.3. The fourth-order valence-corrected chi connectivity index (χ4v) is 7.16. The molecule has 0 aliphatic carbocycles. The number of hydrogen-bond acceptors (Lipinski definition) is 6. The number of halogens is 2. The summed E-state index contributed by atoms with van der Waals surface area (Å²) < 4.78 is 15.7. The van der Waals surface area contributed by atoms with E-state index in [-0.39, 0.29) is 12.2 Å². The normalized spacial score (nSPS) is 15.1. The van der Waals surface area contributed by atoms with Crippen molar-refractivity contribution >= 4 is 68.6 Å². The number of thiazole rings is 1. The molecule has 0 bridgehead atoms. The van der Waals surface area contributed by atoms with Crippen molar-refractivity contribution in [2.75, 3.05) is 6.61 Å². The first kappa shape index (κ1) is 27.8. The summed E-state index contributed by atoms with van der Waals surface area (Å²) in [6.07, 6.45) is 1.86. The summed E-state index contributed by atoms with van der Waals surface area (Å²) in [6, 6.07) is 22.9. The summed E-state index contributed by atoms with van der Waals surface area (Å²) in [5.41, 5.74) is 3.50. The number of ether oxygens (including phenoxy) is 2. The minimum atomic E-state index is -0.604. The van der Waals surface area contributed by atoms with E-state index in [4.69, 9.17) is 9.47 Å². The smallest absolute Gasteiger partial charge is 0.338 e. The summed E-state index contributed by atoms with van der Waals surface area (Å²) in [5.74, 6) is 0.395. The number of hydrogen-bond donors (Lipinski definition) is 0. The van der Waals surface area contributed by atoms with Crippen LogP contribution in [0.15, 0.2) is 93.9 Å². The molecular weight excluding hydrogens is 738 g/mol. The van der Waals surface area contributed by atoms with E-state index in [1.807, 2.05) is 72.8 Å². The Hall–Kier alpha value is -2.77. The predicted molar refractivity (Wildman–Crippen MR) is 169 cm³/mol. The summed E-state index contributed by atoms with van der Waals surface area (Å²) in [4.78, 5) is 31.8. The van der Waals surface area contributed by atoms with Crippen molar-refractivity contribution in [3.8, 4) is 5.75 Å². The van der Waals surface area contributed by atoms with Crippen LogP contribution in [0.2, 0.25) is 0 Å². The highest BCUT2D eigenvalue weighted by atomic mass is 127. The van der Waals surface area contributed by atoms with Gasteiger partial charge in [-0.05, 0) is 100.0 Å². The molecule has 6 nitrogen and oxygen atoms in total. The average molecular weight is 762 g/mol. The lowest BCUT2D eigenvalue weighted by Crippen LogP contribution is -2.39. The first-order valence-corrected chi connectivity index (χ1v) is 15.2. The van der Waals surface area contributed by atoms with Crippen molar-refractivity contribution in [1.82, 2.24) is 4.57 Å². The quantitative estimate of drug-likeness (QED) is 0.182. The Bertz CT molecular complexity index is 1740. The van der Waals surface area contributed by atoms with Crippen LogP contribution >= 0.6 is 56.5 Å². The van der Waals surface area contributed by atoms with Gasteiger partial charge in [-0.1, -0.05) is 65.9 Å². The Morgan fingerprint density at radius 2 is 1.82 bits per heavy atom. The van der Waals surface area contributed by atoms with E-state index < -0.39 is 12.0 Å². The van der Waals surface area contributed by atoms with E-state index >= 15 is 0 Å². The molecule has 0 saturated heterocycles. The van der Waals surface area contributed by atoms with Gasteiger partial charge in [-0.2, -0.15) is 0 Å². The molecule has 0 unspecified atom stereocenters. The monoisotopic (exact) mass is 762 g/mol. The van der Waals surface area contributed by atoms with E-state index in [9.17, 15) is 9.59 Å². The zero-order chi connectivity index (χ0) is 27.5. The average Bonchev–Trinajstić information content (AvgIpc) is 3.22. The molecular formula is C30H24I2N2O4S. The molecule has 9 heteroatoms. The lowest BCUT2D eigenvalue weighted by Gasteiger charge is -2.24. The maximum Gasteiger partial charge on any atom is 0.338 e. The molecule has 0 spiro atoms. The first-order chi connectivity index (χ1) is 18.9. The maximum atomic E-state index is 13.7. The molecule has 0 saturated carbocycles. The van der Waals surface area contributed by atoms with Gasteiger partial charge in [0.25, 0.3) is 5.56 Å². The number of esters is 1. The Kier molecular flexibility index (Phi) is 8.67. The number of aromatic nitrogens is 1. The molecule has 3 aromatic carbocycles. The van der Waals surface area contributed by atoms with Crippen molar-refractivity contribution < 1.29 is 14.3 Å². The molecule has 4 aromatic rings. The Labute approximate surface area is 257 Å². The highest BCUT2D eigenvalue weighted by Gasteiger charge is 2.33. The van der Waals surface area contributed by atoms with E-state index in [0.29, 0.717) is 27.2 Å². The molecule has 0 N–H and O–H groups in total. The number of carbonyl (C=O) groups is 1. The van der Waals surface area contributed by atoms with Crippen molar-refractivity contribution in [3.63, 3.8) is 0 Å². The fraction of sp³-hybridized carbons (Fsp3) is 0.167. The second-order valence-corrected chi connectivity index (χ2v) is 12.2. The topological polar surface area (TPSA) is 69.9 Å². The molecule has 198 valence electrons. The van der Waals surface area contributed by atoms with Crippen LogP contribution in [-0.4, -0.2) is 17.1 Å². The number of allylic oxidation sites excluding steroid dienone is 1. The lowest BCUT2D eigenvalue weighted by atomic mass is 9.96. The van der Waals surface area contributed by atoms with Gasteiger partial charge in [0, 0.05) is 3.57 Å². The Morgan fingerprint density at radius 3 is 2.51 bits per heavy atom. The minimum absolute atomic E-state index is 0.192. The SMILES string of the molecule is CCOC(=O)C1=C(C)N=c2s/c(=C\c3ccc(COc4ccc(I)cc4I)cc3)c(=O)n2[C@H]1c1ccccc1. The highest BCUT2D eigenvalue weighted by Crippen LogP contribution is 2.30. The Balaban J connectivity index is 1.47. The van der Waals surface area contributed by atoms with Crippen molar-refractivity contribution in [3.05, 3.63) is 128 Å². The molecule has 2 heterocycles. The van der Waals surface area contributed by atoms with Gasteiger partial charge in [0.15, 0.2) is 4.80 Å². The van der Waals surface area contributed by atoms with Crippen LogP contribution in [0.5, 0.6) is 5.75 Å². The predicted octanol–water partition coefficient (Wildman–Crippen LogP) is 5.59. The summed E-state index contributed by atoms with van der Waals surface area (Å²) in [7, 11) is 0. The molecule has 1 aliphatic rings. The van der Waals surface area contributed by atoms with Crippen molar-refractivity contribution in [2.45, 2.75) is 26.5 Å². The van der Waals surface area contributed by atoms with Crippen LogP contribution in [0, 0.1) is 7.14 Å². The van der Waals surface area contributed by atoms with Crippen molar-refractivity contribution in [1.29, 1.82) is 0 Å². The van der Waals surface area contributed by atoms with Gasteiger partial charge in [-0.3, -0.25) is 9.36 Å². The molecule has 0 amide bonds. The number of rotatable bonds is 7. The van der Waals surface area contributed by atoms with Crippen LogP contribution in [0.1, 0.15) is 36.6 Å². The van der Waals surface area contributed by atoms with Gasteiger partial charge in [-0.25, -0.2) is 9.79 Å². The van der Waals surface area contributed by atoms with Crippen LogP contribution in [0.4, 0.5) is 0 Å². The summed E-state index contributed by atoms with van der Waals surface area (Å²) >= 11 is 5.88. The first-order valence-electron chi connectivity index (χ1n) is 12.3. The summed E-state index contributed by atoms with van der Waals surface area (Å²) in [5, 5.41) is 0.